The number of thioether (sulfide) groups is 1. The second-order valence-corrected chi connectivity index (χ2v) is 8.64. The van der Waals surface area contributed by atoms with Crippen LogP contribution in [0.1, 0.15) is 36.0 Å². The van der Waals surface area contributed by atoms with E-state index in [1.807, 2.05) is 18.2 Å². The van der Waals surface area contributed by atoms with Crippen LogP contribution in [0.15, 0.2) is 75.9 Å². The van der Waals surface area contributed by atoms with E-state index in [0.717, 1.165) is 27.4 Å². The van der Waals surface area contributed by atoms with Crippen LogP contribution in [0.2, 0.25) is 0 Å². The smallest absolute Gasteiger partial charge is 0.338 e. The second-order valence-electron chi connectivity index (χ2n) is 7.62. The molecule has 0 spiro atoms. The van der Waals surface area contributed by atoms with Crippen LogP contribution in [-0.4, -0.2) is 30.9 Å². The van der Waals surface area contributed by atoms with Gasteiger partial charge in [-0.3, -0.25) is 0 Å². The number of rotatable bonds is 6. The first kappa shape index (κ1) is 20.8. The summed E-state index contributed by atoms with van der Waals surface area (Å²) < 4.78 is 11.0. The SMILES string of the molecule is CCOC(=O)C1=C(O)CC2=C(COC2)C1c1ccccc1SCc1ccc(C)cc1. The van der Waals surface area contributed by atoms with Crippen molar-refractivity contribution in [3.63, 3.8) is 0 Å². The quantitative estimate of drug-likeness (QED) is 0.380. The Labute approximate surface area is 181 Å². The van der Waals surface area contributed by atoms with E-state index in [1.54, 1.807) is 18.7 Å². The van der Waals surface area contributed by atoms with Crippen LogP contribution < -0.4 is 0 Å². The molecule has 1 atom stereocenters. The average Bonchev–Trinajstić information content (AvgIpc) is 3.21. The lowest BCUT2D eigenvalue weighted by Gasteiger charge is -2.28. The van der Waals surface area contributed by atoms with E-state index in [9.17, 15) is 9.90 Å². The molecule has 0 saturated carbocycles. The number of carbonyl (C=O) groups excluding carboxylic acids is 1. The summed E-state index contributed by atoms with van der Waals surface area (Å²) in [7, 11) is 0. The number of aliphatic hydroxyl groups excluding tert-OH is 1. The van der Waals surface area contributed by atoms with E-state index in [1.165, 1.54) is 11.1 Å². The summed E-state index contributed by atoms with van der Waals surface area (Å²) in [6.45, 7) is 5.12. The van der Waals surface area contributed by atoms with Crippen molar-refractivity contribution < 1.29 is 19.4 Å². The molecule has 0 amide bonds. The van der Waals surface area contributed by atoms with Crippen LogP contribution in [0.5, 0.6) is 0 Å². The van der Waals surface area contributed by atoms with E-state index in [2.05, 4.69) is 37.3 Å². The van der Waals surface area contributed by atoms with Crippen molar-refractivity contribution in [2.24, 2.45) is 0 Å². The number of aryl methyl sites for hydroxylation is 1. The van der Waals surface area contributed by atoms with Crippen molar-refractivity contribution in [2.75, 3.05) is 19.8 Å². The lowest BCUT2D eigenvalue weighted by Crippen LogP contribution is -2.23. The molecule has 0 radical (unpaired) electrons. The Morgan fingerprint density at radius 2 is 1.93 bits per heavy atom. The first-order chi connectivity index (χ1) is 14.6. The molecule has 2 aromatic carbocycles. The predicted molar refractivity (Wildman–Crippen MR) is 119 cm³/mol. The maximum atomic E-state index is 12.8. The number of benzene rings is 2. The Kier molecular flexibility index (Phi) is 6.30. The molecule has 4 nitrogen and oxygen atoms in total. The van der Waals surface area contributed by atoms with Gasteiger partial charge in [-0.1, -0.05) is 48.0 Å². The zero-order valence-electron chi connectivity index (χ0n) is 17.3. The van der Waals surface area contributed by atoms with Crippen molar-refractivity contribution in [3.05, 3.63) is 87.7 Å². The van der Waals surface area contributed by atoms with Crippen molar-refractivity contribution in [1.29, 1.82) is 0 Å². The van der Waals surface area contributed by atoms with E-state index < -0.39 is 5.97 Å². The third kappa shape index (κ3) is 4.18. The first-order valence-electron chi connectivity index (χ1n) is 10.2. The summed E-state index contributed by atoms with van der Waals surface area (Å²) in [5.41, 5.74) is 6.01. The number of hydrogen-bond donors (Lipinski definition) is 1. The lowest BCUT2D eigenvalue weighted by molar-refractivity contribution is -0.139. The maximum Gasteiger partial charge on any atom is 0.338 e. The van der Waals surface area contributed by atoms with Gasteiger partial charge in [-0.15, -0.1) is 11.8 Å². The summed E-state index contributed by atoms with van der Waals surface area (Å²) in [6, 6.07) is 16.7. The normalized spacial score (nSPS) is 18.5. The van der Waals surface area contributed by atoms with Crippen molar-refractivity contribution in [2.45, 2.75) is 36.8 Å². The molecule has 4 rings (SSSR count). The minimum atomic E-state index is -0.447. The summed E-state index contributed by atoms with van der Waals surface area (Å²) in [5, 5.41) is 10.8. The van der Waals surface area contributed by atoms with Gasteiger partial charge in [-0.2, -0.15) is 0 Å². The van der Waals surface area contributed by atoms with Crippen LogP contribution in [0.4, 0.5) is 0 Å². The van der Waals surface area contributed by atoms with Gasteiger partial charge < -0.3 is 14.6 Å². The van der Waals surface area contributed by atoms with Gasteiger partial charge in [0.05, 0.1) is 25.4 Å². The Morgan fingerprint density at radius 1 is 1.17 bits per heavy atom. The molecule has 2 aliphatic rings. The first-order valence-corrected chi connectivity index (χ1v) is 11.2. The van der Waals surface area contributed by atoms with Gasteiger partial charge in [0.15, 0.2) is 0 Å². The zero-order chi connectivity index (χ0) is 21.1. The van der Waals surface area contributed by atoms with Crippen molar-refractivity contribution in [1.82, 2.24) is 0 Å². The maximum absolute atomic E-state index is 12.8. The molecule has 1 aliphatic carbocycles. The van der Waals surface area contributed by atoms with Gasteiger partial charge in [-0.25, -0.2) is 4.79 Å². The molecule has 0 bridgehead atoms. The summed E-state index contributed by atoms with van der Waals surface area (Å²) in [6.07, 6.45) is 0.360. The van der Waals surface area contributed by atoms with Crippen molar-refractivity contribution >= 4 is 17.7 Å². The number of ether oxygens (including phenoxy) is 2. The van der Waals surface area contributed by atoms with Crippen LogP contribution in [0, 0.1) is 6.92 Å². The fourth-order valence-electron chi connectivity index (χ4n) is 4.05. The third-order valence-electron chi connectivity index (χ3n) is 5.56. The lowest BCUT2D eigenvalue weighted by atomic mass is 9.78. The minimum absolute atomic E-state index is 0.0982. The van der Waals surface area contributed by atoms with Gasteiger partial charge in [-0.05, 0) is 42.2 Å². The molecule has 5 heteroatoms. The van der Waals surface area contributed by atoms with E-state index in [-0.39, 0.29) is 18.3 Å². The summed E-state index contributed by atoms with van der Waals surface area (Å²) >= 11 is 1.74. The van der Waals surface area contributed by atoms with Gasteiger partial charge in [0.1, 0.15) is 5.76 Å². The van der Waals surface area contributed by atoms with E-state index >= 15 is 0 Å². The Bertz CT molecular complexity index is 1000. The Morgan fingerprint density at radius 3 is 2.70 bits per heavy atom. The Balaban J connectivity index is 1.70. The van der Waals surface area contributed by atoms with E-state index in [4.69, 9.17) is 9.47 Å². The number of carbonyl (C=O) groups is 1. The fourth-order valence-corrected chi connectivity index (χ4v) is 5.09. The second kappa shape index (κ2) is 9.11. The van der Waals surface area contributed by atoms with Crippen LogP contribution in [0.3, 0.4) is 0 Å². The largest absolute Gasteiger partial charge is 0.511 e. The molecule has 2 aromatic rings. The molecular weight excluding hydrogens is 396 g/mol. The molecule has 1 N–H and O–H groups in total. The van der Waals surface area contributed by atoms with Crippen LogP contribution in [0.25, 0.3) is 0 Å². The van der Waals surface area contributed by atoms with E-state index in [0.29, 0.717) is 25.2 Å². The molecule has 1 heterocycles. The highest BCUT2D eigenvalue weighted by Gasteiger charge is 2.39. The number of aliphatic hydroxyl groups is 1. The van der Waals surface area contributed by atoms with Crippen LogP contribution in [-0.2, 0) is 20.0 Å². The summed E-state index contributed by atoms with van der Waals surface area (Å²) in [4.78, 5) is 13.9. The average molecular weight is 423 g/mol. The zero-order valence-corrected chi connectivity index (χ0v) is 18.1. The minimum Gasteiger partial charge on any atom is -0.511 e. The third-order valence-corrected chi connectivity index (χ3v) is 6.72. The monoisotopic (exact) mass is 422 g/mol. The van der Waals surface area contributed by atoms with Gasteiger partial charge in [0, 0.05) is 23.0 Å². The topological polar surface area (TPSA) is 55.8 Å². The highest BCUT2D eigenvalue weighted by molar-refractivity contribution is 7.98. The highest BCUT2D eigenvalue weighted by Crippen LogP contribution is 2.46. The fraction of sp³-hybridized carbons (Fsp3) is 0.320. The van der Waals surface area contributed by atoms with Gasteiger partial charge in [0.2, 0.25) is 0 Å². The molecular formula is C25H26O4S. The van der Waals surface area contributed by atoms with Gasteiger partial charge in [0.25, 0.3) is 0 Å². The molecule has 30 heavy (non-hydrogen) atoms. The molecule has 1 unspecified atom stereocenters. The van der Waals surface area contributed by atoms with Crippen LogP contribution >= 0.6 is 11.8 Å². The Hall–Kier alpha value is -2.50. The van der Waals surface area contributed by atoms with Gasteiger partial charge >= 0.3 is 5.97 Å². The molecule has 1 aliphatic heterocycles. The predicted octanol–water partition coefficient (Wildman–Crippen LogP) is 5.48. The van der Waals surface area contributed by atoms with Crippen molar-refractivity contribution in [3.8, 4) is 0 Å². The molecule has 0 aromatic heterocycles. The molecule has 0 saturated heterocycles. The highest BCUT2D eigenvalue weighted by atomic mass is 32.2. The number of allylic oxidation sites excluding steroid dienone is 1. The number of hydrogen-bond acceptors (Lipinski definition) is 5. The number of esters is 1. The molecule has 0 fully saturated rings. The summed E-state index contributed by atoms with van der Waals surface area (Å²) in [5.74, 6) is 0.145. The molecule has 156 valence electrons. The standard InChI is InChI=1S/C25H26O4S/c1-3-29-25(27)24-21(26)12-18-13-28-14-20(18)23(24)19-6-4-5-7-22(19)30-15-17-10-8-16(2)9-11-17/h4-11,23,26H,3,12-15H2,1-2H3.